The summed E-state index contributed by atoms with van der Waals surface area (Å²) in [6, 6.07) is 16.4. The molecule has 2 aliphatic rings. The molecule has 1 aliphatic heterocycles. The molecule has 1 saturated heterocycles. The Morgan fingerprint density at radius 2 is 1.70 bits per heavy atom. The smallest absolute Gasteiger partial charge is 0.245 e. The molecule has 214 valence electrons. The van der Waals surface area contributed by atoms with E-state index in [9.17, 15) is 19.5 Å². The van der Waals surface area contributed by atoms with Gasteiger partial charge >= 0.3 is 0 Å². The van der Waals surface area contributed by atoms with Gasteiger partial charge < -0.3 is 26.0 Å². The van der Waals surface area contributed by atoms with Gasteiger partial charge in [-0.15, -0.1) is 0 Å². The lowest BCUT2D eigenvalue weighted by atomic mass is 9.75. The number of amides is 3. The molecule has 1 heterocycles. The van der Waals surface area contributed by atoms with E-state index < -0.39 is 18.2 Å². The number of likely N-dealkylation sites (N-methyl/N-ethyl adjacent to an activating group) is 1. The van der Waals surface area contributed by atoms with Gasteiger partial charge in [0.25, 0.3) is 0 Å². The van der Waals surface area contributed by atoms with Crippen LogP contribution in [0, 0.1) is 0 Å². The van der Waals surface area contributed by atoms with Crippen molar-refractivity contribution in [2.24, 2.45) is 5.73 Å². The summed E-state index contributed by atoms with van der Waals surface area (Å²) in [4.78, 5) is 42.8. The Balaban J connectivity index is 1.46. The molecule has 0 spiro atoms. The van der Waals surface area contributed by atoms with E-state index in [1.807, 2.05) is 54.6 Å². The molecule has 4 N–H and O–H groups in total. The number of benzene rings is 2. The number of aliphatic hydroxyl groups is 1. The zero-order chi connectivity index (χ0) is 28.7. The Kier molecular flexibility index (Phi) is 9.76. The summed E-state index contributed by atoms with van der Waals surface area (Å²) < 4.78 is 0. The minimum atomic E-state index is -0.848. The van der Waals surface area contributed by atoms with Gasteiger partial charge in [0.2, 0.25) is 17.7 Å². The standard InChI is InChI=1S/C32H42N4O4/c1-23(30(39)36-20-15-27(37)16-21-36)35(2)31(40)28(34-29(38)10-6-17-32(33)18-7-19-32)22-24-11-13-26(14-12-24)25-8-4-3-5-9-25/h3-6,8-14,23,27-28,37H,7,15-22,33H2,1-2H3,(H,34,38)/b10-6+/t23?,28-/m1/s1. The maximum atomic E-state index is 13.7. The second-order valence-corrected chi connectivity index (χ2v) is 11.3. The van der Waals surface area contributed by atoms with Gasteiger partial charge in [-0.05, 0) is 68.2 Å². The summed E-state index contributed by atoms with van der Waals surface area (Å²) >= 11 is 0. The largest absolute Gasteiger partial charge is 0.393 e. The highest BCUT2D eigenvalue weighted by atomic mass is 16.3. The number of carbonyl (C=O) groups is 3. The molecule has 8 nitrogen and oxygen atoms in total. The van der Waals surface area contributed by atoms with Crippen LogP contribution in [0.15, 0.2) is 66.7 Å². The average Bonchev–Trinajstić information content (AvgIpc) is 2.95. The van der Waals surface area contributed by atoms with E-state index in [1.165, 1.54) is 11.0 Å². The average molecular weight is 547 g/mol. The number of hydrogen-bond donors (Lipinski definition) is 3. The first-order chi connectivity index (χ1) is 19.1. The zero-order valence-electron chi connectivity index (χ0n) is 23.6. The molecule has 1 aliphatic carbocycles. The molecular weight excluding hydrogens is 504 g/mol. The summed E-state index contributed by atoms with van der Waals surface area (Å²) in [7, 11) is 1.60. The van der Waals surface area contributed by atoms with Gasteiger partial charge in [0, 0.05) is 32.1 Å². The lowest BCUT2D eigenvalue weighted by Gasteiger charge is -2.37. The molecule has 1 unspecified atom stereocenters. The number of piperidine rings is 1. The van der Waals surface area contributed by atoms with E-state index in [0.717, 1.165) is 36.0 Å². The van der Waals surface area contributed by atoms with Gasteiger partial charge in [0.05, 0.1) is 6.10 Å². The van der Waals surface area contributed by atoms with Crippen molar-refractivity contribution in [3.05, 3.63) is 72.3 Å². The van der Waals surface area contributed by atoms with Crippen LogP contribution in [0.2, 0.25) is 0 Å². The van der Waals surface area contributed by atoms with Crippen LogP contribution in [0.3, 0.4) is 0 Å². The van der Waals surface area contributed by atoms with E-state index in [4.69, 9.17) is 5.73 Å². The quantitative estimate of drug-likeness (QED) is 0.396. The third-order valence-corrected chi connectivity index (χ3v) is 8.32. The number of likely N-dealkylation sites (tertiary alicyclic amines) is 1. The Hall–Kier alpha value is -3.49. The van der Waals surface area contributed by atoms with Crippen molar-refractivity contribution in [2.75, 3.05) is 20.1 Å². The molecule has 2 atom stereocenters. The van der Waals surface area contributed by atoms with Crippen LogP contribution in [0.4, 0.5) is 0 Å². The lowest BCUT2D eigenvalue weighted by molar-refractivity contribution is -0.146. The van der Waals surface area contributed by atoms with Crippen LogP contribution in [0.25, 0.3) is 11.1 Å². The van der Waals surface area contributed by atoms with Crippen molar-refractivity contribution in [3.63, 3.8) is 0 Å². The minimum absolute atomic E-state index is 0.159. The van der Waals surface area contributed by atoms with Crippen molar-refractivity contribution in [3.8, 4) is 11.1 Å². The molecule has 1 saturated carbocycles. The number of carbonyl (C=O) groups excluding carboxylic acids is 3. The van der Waals surface area contributed by atoms with Crippen LogP contribution in [0.1, 0.15) is 51.0 Å². The fourth-order valence-electron chi connectivity index (χ4n) is 5.31. The third kappa shape index (κ3) is 7.58. The molecule has 8 heteroatoms. The van der Waals surface area contributed by atoms with Gasteiger partial charge in [-0.2, -0.15) is 0 Å². The van der Waals surface area contributed by atoms with Crippen LogP contribution < -0.4 is 11.1 Å². The molecule has 2 aromatic rings. The Labute approximate surface area is 237 Å². The first-order valence-electron chi connectivity index (χ1n) is 14.3. The van der Waals surface area contributed by atoms with E-state index >= 15 is 0 Å². The third-order valence-electron chi connectivity index (χ3n) is 8.32. The molecule has 0 radical (unpaired) electrons. The summed E-state index contributed by atoms with van der Waals surface area (Å²) in [5.41, 5.74) is 9.10. The van der Waals surface area contributed by atoms with Crippen molar-refractivity contribution < 1.29 is 19.5 Å². The summed E-state index contributed by atoms with van der Waals surface area (Å²) in [6.07, 6.45) is 7.83. The molecule has 0 aromatic heterocycles. The van der Waals surface area contributed by atoms with Crippen molar-refractivity contribution in [2.45, 2.75) is 75.6 Å². The number of nitrogens with zero attached hydrogens (tertiary/aromatic N) is 2. The Morgan fingerprint density at radius 3 is 2.30 bits per heavy atom. The molecule has 2 aromatic carbocycles. The fourth-order valence-corrected chi connectivity index (χ4v) is 5.31. The Bertz CT molecular complexity index is 1190. The summed E-state index contributed by atoms with van der Waals surface area (Å²) in [6.45, 7) is 2.64. The highest BCUT2D eigenvalue weighted by Crippen LogP contribution is 2.32. The number of nitrogens with one attached hydrogen (secondary N) is 1. The predicted octanol–water partition coefficient (Wildman–Crippen LogP) is 3.04. The molecule has 3 amide bonds. The van der Waals surface area contributed by atoms with Crippen LogP contribution in [0.5, 0.6) is 0 Å². The predicted molar refractivity (Wildman–Crippen MR) is 156 cm³/mol. The van der Waals surface area contributed by atoms with Crippen molar-refractivity contribution in [1.82, 2.24) is 15.1 Å². The molecule has 4 rings (SSSR count). The van der Waals surface area contributed by atoms with Crippen LogP contribution in [-0.4, -0.2) is 76.5 Å². The fraction of sp³-hybridized carbons (Fsp3) is 0.469. The van der Waals surface area contributed by atoms with E-state index in [1.54, 1.807) is 24.9 Å². The Morgan fingerprint density at radius 1 is 1.07 bits per heavy atom. The number of nitrogens with two attached hydrogens (primary N) is 1. The number of hydrogen-bond acceptors (Lipinski definition) is 5. The summed E-state index contributed by atoms with van der Waals surface area (Å²) in [5.74, 6) is -0.852. The first kappa shape index (κ1) is 29.5. The molecular formula is C32H42N4O4. The maximum Gasteiger partial charge on any atom is 0.245 e. The lowest BCUT2D eigenvalue weighted by Crippen LogP contribution is -2.55. The topological polar surface area (TPSA) is 116 Å². The van der Waals surface area contributed by atoms with Gasteiger partial charge in [-0.3, -0.25) is 14.4 Å². The normalized spacial score (nSPS) is 18.6. The summed E-state index contributed by atoms with van der Waals surface area (Å²) in [5, 5.41) is 12.7. The SMILES string of the molecule is CC(C(=O)N1CCC(O)CC1)N(C)C(=O)[C@@H](Cc1ccc(-c2ccccc2)cc1)NC(=O)/C=C/CC1(N)CCC1. The van der Waals surface area contributed by atoms with Crippen molar-refractivity contribution >= 4 is 17.7 Å². The first-order valence-corrected chi connectivity index (χ1v) is 14.3. The van der Waals surface area contributed by atoms with Gasteiger partial charge in [0.1, 0.15) is 12.1 Å². The highest BCUT2D eigenvalue weighted by molar-refractivity contribution is 5.95. The van der Waals surface area contributed by atoms with Gasteiger partial charge in [0.15, 0.2) is 0 Å². The minimum Gasteiger partial charge on any atom is -0.393 e. The monoisotopic (exact) mass is 546 g/mol. The van der Waals surface area contributed by atoms with E-state index in [2.05, 4.69) is 5.32 Å². The van der Waals surface area contributed by atoms with E-state index in [0.29, 0.717) is 32.4 Å². The maximum absolute atomic E-state index is 13.7. The number of rotatable bonds is 10. The van der Waals surface area contributed by atoms with E-state index in [-0.39, 0.29) is 29.7 Å². The molecule has 0 bridgehead atoms. The van der Waals surface area contributed by atoms with Crippen LogP contribution in [-0.2, 0) is 20.8 Å². The van der Waals surface area contributed by atoms with Crippen molar-refractivity contribution in [1.29, 1.82) is 0 Å². The van der Waals surface area contributed by atoms with Gasteiger partial charge in [-0.1, -0.05) is 60.7 Å². The molecule has 40 heavy (non-hydrogen) atoms. The zero-order valence-corrected chi connectivity index (χ0v) is 23.6. The second-order valence-electron chi connectivity index (χ2n) is 11.3. The second kappa shape index (κ2) is 13.2. The van der Waals surface area contributed by atoms with Crippen LogP contribution >= 0.6 is 0 Å². The van der Waals surface area contributed by atoms with Gasteiger partial charge in [-0.25, -0.2) is 0 Å². The highest BCUT2D eigenvalue weighted by Gasteiger charge is 2.33. The number of aliphatic hydroxyl groups excluding tert-OH is 1. The molecule has 2 fully saturated rings.